The van der Waals surface area contributed by atoms with E-state index in [1.54, 1.807) is 0 Å². The van der Waals surface area contributed by atoms with Crippen molar-refractivity contribution in [1.29, 1.82) is 0 Å². The number of aliphatic hydroxyl groups excluding tert-OH is 1. The minimum absolute atomic E-state index is 0.0649. The number of aliphatic hydroxyl groups is 3. The molecule has 0 bridgehead atoms. The zero-order chi connectivity index (χ0) is 20.0. The Morgan fingerprint density at radius 2 is 1.67 bits per heavy atom. The number of fused-ring (bicyclic) bond motifs is 5. The smallest absolute Gasteiger partial charge is 0.162 e. The molecule has 5 heteroatoms. The fourth-order valence-corrected chi connectivity index (χ4v) is 8.30. The first kappa shape index (κ1) is 19.8. The van der Waals surface area contributed by atoms with E-state index in [4.69, 9.17) is 0 Å². The predicted molar refractivity (Wildman–Crippen MR) is 99.7 cm³/mol. The maximum Gasteiger partial charge on any atom is 0.162 e. The first-order valence-corrected chi connectivity index (χ1v) is 10.7. The van der Waals surface area contributed by atoms with E-state index in [9.17, 15) is 20.1 Å². The second kappa shape index (κ2) is 5.76. The van der Waals surface area contributed by atoms with E-state index in [-0.39, 0.29) is 42.3 Å². The predicted octanol–water partition coefficient (Wildman–Crippen LogP) is 3.02. The summed E-state index contributed by atoms with van der Waals surface area (Å²) in [5.41, 5.74) is -3.90. The fourth-order valence-electron chi connectivity index (χ4n) is 8.30. The molecule has 27 heavy (non-hydrogen) atoms. The van der Waals surface area contributed by atoms with Gasteiger partial charge in [0.1, 0.15) is 17.4 Å². The van der Waals surface area contributed by atoms with Gasteiger partial charge in [-0.1, -0.05) is 20.8 Å². The molecular weight excluding hydrogens is 347 g/mol. The average molecular weight is 383 g/mol. The normalized spacial score (nSPS) is 60.3. The van der Waals surface area contributed by atoms with Gasteiger partial charge in [-0.3, -0.25) is 4.79 Å². The SMILES string of the molecule is CC(=O)[C@]1(O)[C@H](C)C[C@H]2[C@@H]3C[C@H](F)[C@]4(O)C[C@H](O)CC[C@]4(C)[C@H]3CC[C@@]21C. The lowest BCUT2D eigenvalue weighted by Crippen LogP contribution is -2.68. The molecule has 0 aliphatic heterocycles. The molecule has 0 aromatic carbocycles. The molecule has 0 heterocycles. The van der Waals surface area contributed by atoms with E-state index < -0.39 is 34.3 Å². The third-order valence-corrected chi connectivity index (χ3v) is 9.90. The highest BCUT2D eigenvalue weighted by atomic mass is 19.1. The second-order valence-corrected chi connectivity index (χ2v) is 10.7. The summed E-state index contributed by atoms with van der Waals surface area (Å²) in [6.07, 6.45) is 1.85. The molecule has 0 unspecified atom stereocenters. The maximum atomic E-state index is 15.4. The maximum absolute atomic E-state index is 15.4. The molecule has 154 valence electrons. The van der Waals surface area contributed by atoms with Crippen molar-refractivity contribution in [3.05, 3.63) is 0 Å². The number of carbonyl (C=O) groups excluding carboxylic acids is 1. The summed E-state index contributed by atoms with van der Waals surface area (Å²) in [7, 11) is 0. The molecule has 4 saturated carbocycles. The Hall–Kier alpha value is -0.520. The van der Waals surface area contributed by atoms with Crippen molar-refractivity contribution in [2.24, 2.45) is 34.5 Å². The first-order chi connectivity index (χ1) is 12.4. The number of Topliss-reactive ketones (excluding diaryl/α,β-unsaturated/α-hetero) is 1. The van der Waals surface area contributed by atoms with Crippen LogP contribution in [-0.4, -0.2) is 44.6 Å². The molecule has 0 amide bonds. The molecule has 0 aromatic rings. The van der Waals surface area contributed by atoms with Gasteiger partial charge in [0, 0.05) is 17.3 Å². The number of carbonyl (C=O) groups is 1. The molecule has 0 spiro atoms. The monoisotopic (exact) mass is 382 g/mol. The van der Waals surface area contributed by atoms with E-state index in [1.807, 2.05) is 20.8 Å². The van der Waals surface area contributed by atoms with Crippen molar-refractivity contribution in [1.82, 2.24) is 0 Å². The summed E-state index contributed by atoms with van der Waals surface area (Å²) < 4.78 is 15.4. The highest BCUT2D eigenvalue weighted by Gasteiger charge is 2.72. The van der Waals surface area contributed by atoms with Gasteiger partial charge in [-0.15, -0.1) is 0 Å². The number of rotatable bonds is 1. The molecule has 3 N–H and O–H groups in total. The molecule has 4 rings (SSSR count). The summed E-state index contributed by atoms with van der Waals surface area (Å²) in [4.78, 5) is 12.4. The fraction of sp³-hybridized carbons (Fsp3) is 0.955. The van der Waals surface area contributed by atoms with Crippen LogP contribution in [0.15, 0.2) is 0 Å². The molecule has 0 radical (unpaired) electrons. The Morgan fingerprint density at radius 3 is 2.30 bits per heavy atom. The Morgan fingerprint density at radius 1 is 1.04 bits per heavy atom. The van der Waals surface area contributed by atoms with Gasteiger partial charge in [0.15, 0.2) is 5.78 Å². The number of halogens is 1. The van der Waals surface area contributed by atoms with Crippen LogP contribution in [0, 0.1) is 34.5 Å². The molecule has 0 saturated heterocycles. The van der Waals surface area contributed by atoms with Gasteiger partial charge >= 0.3 is 0 Å². The van der Waals surface area contributed by atoms with Crippen LogP contribution in [-0.2, 0) is 4.79 Å². The van der Waals surface area contributed by atoms with Crippen LogP contribution < -0.4 is 0 Å². The second-order valence-electron chi connectivity index (χ2n) is 10.7. The van der Waals surface area contributed by atoms with Gasteiger partial charge < -0.3 is 15.3 Å². The van der Waals surface area contributed by atoms with Gasteiger partial charge in [-0.2, -0.15) is 0 Å². The lowest BCUT2D eigenvalue weighted by atomic mass is 9.42. The van der Waals surface area contributed by atoms with Crippen LogP contribution in [0.3, 0.4) is 0 Å². The van der Waals surface area contributed by atoms with Gasteiger partial charge in [-0.25, -0.2) is 4.39 Å². The molecule has 4 aliphatic carbocycles. The van der Waals surface area contributed by atoms with Crippen LogP contribution in [0.4, 0.5) is 4.39 Å². The summed E-state index contributed by atoms with van der Waals surface area (Å²) in [6.45, 7) is 7.47. The topological polar surface area (TPSA) is 77.8 Å². The van der Waals surface area contributed by atoms with Crippen LogP contribution in [0.25, 0.3) is 0 Å². The molecule has 10 atom stereocenters. The largest absolute Gasteiger partial charge is 0.393 e. The van der Waals surface area contributed by atoms with E-state index >= 15 is 4.39 Å². The Labute approximate surface area is 161 Å². The van der Waals surface area contributed by atoms with Crippen molar-refractivity contribution in [3.63, 3.8) is 0 Å². The summed E-state index contributed by atoms with van der Waals surface area (Å²) >= 11 is 0. The molecule has 4 fully saturated rings. The van der Waals surface area contributed by atoms with Crippen molar-refractivity contribution in [2.75, 3.05) is 0 Å². The zero-order valence-electron chi connectivity index (χ0n) is 17.0. The number of hydrogen-bond donors (Lipinski definition) is 3. The minimum Gasteiger partial charge on any atom is -0.393 e. The van der Waals surface area contributed by atoms with Gasteiger partial charge in [0.25, 0.3) is 0 Å². The zero-order valence-corrected chi connectivity index (χ0v) is 17.0. The summed E-state index contributed by atoms with van der Waals surface area (Å²) in [5.74, 6) is 0.0152. The lowest BCUT2D eigenvalue weighted by molar-refractivity contribution is -0.253. The van der Waals surface area contributed by atoms with Crippen molar-refractivity contribution < 1.29 is 24.5 Å². The third-order valence-electron chi connectivity index (χ3n) is 9.90. The lowest BCUT2D eigenvalue weighted by Gasteiger charge is -2.65. The summed E-state index contributed by atoms with van der Waals surface area (Å²) in [6, 6.07) is 0. The summed E-state index contributed by atoms with van der Waals surface area (Å²) in [5, 5.41) is 32.8. The van der Waals surface area contributed by atoms with Gasteiger partial charge in [0.05, 0.1) is 6.10 Å². The first-order valence-electron chi connectivity index (χ1n) is 10.7. The Kier molecular flexibility index (Phi) is 4.22. The van der Waals surface area contributed by atoms with E-state index in [0.717, 1.165) is 19.3 Å². The van der Waals surface area contributed by atoms with Crippen LogP contribution >= 0.6 is 0 Å². The van der Waals surface area contributed by atoms with Crippen molar-refractivity contribution >= 4 is 5.78 Å². The Balaban J connectivity index is 1.74. The van der Waals surface area contributed by atoms with Gasteiger partial charge in [0.2, 0.25) is 0 Å². The standard InChI is InChI=1S/C22H35FO4/c1-12-9-17-15-10-18(23)21(26)11-14(25)5-7-19(21,3)16(15)6-8-20(17,4)22(12,27)13(2)24/h12,14-18,25-27H,5-11H2,1-4H3/t12-,14-,15-,16+,17+,18+,19-,20+,21-,22-/m1/s1. The highest BCUT2D eigenvalue weighted by Crippen LogP contribution is 2.70. The number of hydrogen-bond acceptors (Lipinski definition) is 4. The molecule has 4 aliphatic rings. The van der Waals surface area contributed by atoms with E-state index in [2.05, 4.69) is 0 Å². The van der Waals surface area contributed by atoms with Crippen LogP contribution in [0.1, 0.15) is 72.6 Å². The quantitative estimate of drug-likeness (QED) is 0.651. The number of alkyl halides is 1. The number of ketones is 1. The highest BCUT2D eigenvalue weighted by molar-refractivity contribution is 5.86. The molecule has 4 nitrogen and oxygen atoms in total. The van der Waals surface area contributed by atoms with Crippen molar-refractivity contribution in [3.8, 4) is 0 Å². The average Bonchev–Trinajstić information content (AvgIpc) is 2.80. The van der Waals surface area contributed by atoms with Crippen molar-refractivity contribution in [2.45, 2.75) is 96.1 Å². The van der Waals surface area contributed by atoms with E-state index in [0.29, 0.717) is 12.8 Å². The Bertz CT molecular complexity index is 654. The van der Waals surface area contributed by atoms with Gasteiger partial charge in [-0.05, 0) is 69.1 Å². The minimum atomic E-state index is -1.47. The van der Waals surface area contributed by atoms with E-state index in [1.165, 1.54) is 6.92 Å². The molecule has 0 aromatic heterocycles. The van der Waals surface area contributed by atoms with Crippen LogP contribution in [0.2, 0.25) is 0 Å². The molecular formula is C22H35FO4. The van der Waals surface area contributed by atoms with Crippen LogP contribution in [0.5, 0.6) is 0 Å². The third kappa shape index (κ3) is 2.17.